The molecule has 1 aromatic heterocycles. The van der Waals surface area contributed by atoms with Gasteiger partial charge in [-0.05, 0) is 18.6 Å². The van der Waals surface area contributed by atoms with E-state index in [1.165, 1.54) is 6.42 Å². The number of aromatic nitrogens is 1. The van der Waals surface area contributed by atoms with Gasteiger partial charge in [0.1, 0.15) is 0 Å². The highest BCUT2D eigenvalue weighted by atomic mass is 127. The summed E-state index contributed by atoms with van der Waals surface area (Å²) in [5, 5.41) is 0. The normalized spacial score (nSPS) is 13.6. The number of alkyl halides is 1. The predicted molar refractivity (Wildman–Crippen MR) is 47.8 cm³/mol. The van der Waals surface area contributed by atoms with E-state index in [4.69, 9.17) is 0 Å². The first-order valence-corrected chi connectivity index (χ1v) is 4.35. The van der Waals surface area contributed by atoms with Crippen molar-refractivity contribution < 1.29 is 0 Å². The Morgan fingerprint density at radius 1 is 1.44 bits per heavy atom. The first-order valence-electron chi connectivity index (χ1n) is 3.11. The van der Waals surface area contributed by atoms with Crippen LogP contribution in [0.3, 0.4) is 0 Å². The summed E-state index contributed by atoms with van der Waals surface area (Å²) in [6.45, 7) is 2.19. The third-order valence-electron chi connectivity index (χ3n) is 1.29. The van der Waals surface area contributed by atoms with Crippen LogP contribution in [0.25, 0.3) is 0 Å². The first kappa shape index (κ1) is 7.12. The smallest absolute Gasteiger partial charge is 0.0843 e. The zero-order valence-electron chi connectivity index (χ0n) is 5.42. The van der Waals surface area contributed by atoms with Gasteiger partial charge in [0.15, 0.2) is 0 Å². The van der Waals surface area contributed by atoms with Gasteiger partial charge in [0, 0.05) is 12.4 Å². The molecule has 0 aliphatic carbocycles. The van der Waals surface area contributed by atoms with E-state index in [1.54, 1.807) is 0 Å². The van der Waals surface area contributed by atoms with Gasteiger partial charge in [0.25, 0.3) is 0 Å². The molecular weight excluding hydrogens is 225 g/mol. The Labute approximate surface area is 69.2 Å². The Kier molecular flexibility index (Phi) is 2.57. The van der Waals surface area contributed by atoms with Gasteiger partial charge in [0.05, 0.1) is 4.05 Å². The minimum atomic E-state index is 0.623. The van der Waals surface area contributed by atoms with Crippen molar-refractivity contribution in [3.63, 3.8) is 0 Å². The molecule has 0 N–H and O–H groups in total. The summed E-state index contributed by atoms with van der Waals surface area (Å²) in [6.07, 6.45) is 5.39. The van der Waals surface area contributed by atoms with Crippen molar-refractivity contribution in [2.75, 3.05) is 0 Å². The molecule has 0 aliphatic heterocycles. The lowest BCUT2D eigenvalue weighted by atomic mass is 10.5. The van der Waals surface area contributed by atoms with Crippen LogP contribution in [-0.4, -0.2) is 4.57 Å². The molecule has 0 saturated carbocycles. The molecule has 0 spiro atoms. The highest BCUT2D eigenvalue weighted by Gasteiger charge is 1.98. The van der Waals surface area contributed by atoms with Crippen molar-refractivity contribution in [1.29, 1.82) is 0 Å². The van der Waals surface area contributed by atoms with Gasteiger partial charge < -0.3 is 4.57 Å². The van der Waals surface area contributed by atoms with Crippen molar-refractivity contribution in [2.45, 2.75) is 17.4 Å². The van der Waals surface area contributed by atoms with E-state index in [2.05, 4.69) is 58.6 Å². The van der Waals surface area contributed by atoms with Crippen LogP contribution in [0.15, 0.2) is 24.5 Å². The quantitative estimate of drug-likeness (QED) is 0.548. The van der Waals surface area contributed by atoms with E-state index in [-0.39, 0.29) is 0 Å². The van der Waals surface area contributed by atoms with E-state index in [1.807, 2.05) is 0 Å². The maximum atomic E-state index is 2.43. The van der Waals surface area contributed by atoms with Gasteiger partial charge in [-0.1, -0.05) is 29.5 Å². The third kappa shape index (κ3) is 1.71. The van der Waals surface area contributed by atoms with Gasteiger partial charge in [-0.2, -0.15) is 0 Å². The van der Waals surface area contributed by atoms with Gasteiger partial charge in [-0.25, -0.2) is 0 Å². The van der Waals surface area contributed by atoms with E-state index in [0.29, 0.717) is 4.05 Å². The second kappa shape index (κ2) is 3.25. The van der Waals surface area contributed by atoms with E-state index in [9.17, 15) is 0 Å². The maximum Gasteiger partial charge on any atom is 0.0843 e. The van der Waals surface area contributed by atoms with Crippen LogP contribution in [0.2, 0.25) is 0 Å². The van der Waals surface area contributed by atoms with Crippen LogP contribution in [0.4, 0.5) is 0 Å². The Hall–Kier alpha value is 0.0100. The van der Waals surface area contributed by atoms with E-state index < -0.39 is 0 Å². The summed E-state index contributed by atoms with van der Waals surface area (Å²) in [5.41, 5.74) is 0. The van der Waals surface area contributed by atoms with Gasteiger partial charge in [0.2, 0.25) is 0 Å². The lowest BCUT2D eigenvalue weighted by molar-refractivity contribution is 0.689. The minimum Gasteiger partial charge on any atom is -0.342 e. The van der Waals surface area contributed by atoms with Crippen LogP contribution in [0, 0.1) is 0 Å². The molecule has 2 heteroatoms. The van der Waals surface area contributed by atoms with Crippen LogP contribution in [-0.2, 0) is 0 Å². The predicted octanol–water partition coefficient (Wildman–Crippen LogP) is 2.83. The fourth-order valence-electron chi connectivity index (χ4n) is 0.745. The summed E-state index contributed by atoms with van der Waals surface area (Å²) >= 11 is 2.43. The Bertz CT molecular complexity index is 157. The summed E-state index contributed by atoms with van der Waals surface area (Å²) in [5.74, 6) is 0. The molecule has 0 aliphatic rings. The number of hydrogen-bond acceptors (Lipinski definition) is 0. The molecule has 0 saturated heterocycles. The number of hydrogen-bond donors (Lipinski definition) is 0. The molecule has 50 valence electrons. The highest BCUT2D eigenvalue weighted by molar-refractivity contribution is 14.1. The summed E-state index contributed by atoms with van der Waals surface area (Å²) in [4.78, 5) is 0. The topological polar surface area (TPSA) is 4.93 Å². The molecule has 1 nitrogen and oxygen atoms in total. The van der Waals surface area contributed by atoms with Crippen LogP contribution >= 0.6 is 22.6 Å². The molecule has 0 aromatic carbocycles. The lowest BCUT2D eigenvalue weighted by Crippen LogP contribution is -1.95. The van der Waals surface area contributed by atoms with Crippen molar-refractivity contribution in [3.05, 3.63) is 24.5 Å². The molecule has 0 fully saturated rings. The second-order valence-electron chi connectivity index (χ2n) is 1.97. The average Bonchev–Trinajstić information content (AvgIpc) is 2.37. The van der Waals surface area contributed by atoms with E-state index >= 15 is 0 Å². The van der Waals surface area contributed by atoms with Gasteiger partial charge in [-0.15, -0.1) is 0 Å². The van der Waals surface area contributed by atoms with E-state index in [0.717, 1.165) is 0 Å². The molecule has 1 heterocycles. The molecular formula is C7H10IN. The Morgan fingerprint density at radius 3 is 2.44 bits per heavy atom. The molecule has 9 heavy (non-hydrogen) atoms. The number of rotatable bonds is 2. The maximum absolute atomic E-state index is 2.43. The van der Waals surface area contributed by atoms with Crippen LogP contribution < -0.4 is 0 Å². The lowest BCUT2D eigenvalue weighted by Gasteiger charge is -2.06. The van der Waals surface area contributed by atoms with Crippen molar-refractivity contribution in [2.24, 2.45) is 0 Å². The number of halogens is 1. The van der Waals surface area contributed by atoms with Gasteiger partial charge in [-0.3, -0.25) is 0 Å². The zero-order chi connectivity index (χ0) is 6.69. The molecule has 0 bridgehead atoms. The largest absolute Gasteiger partial charge is 0.342 e. The monoisotopic (exact) mass is 235 g/mol. The molecule has 1 rings (SSSR count). The van der Waals surface area contributed by atoms with Crippen molar-refractivity contribution >= 4 is 22.6 Å². The molecule has 0 radical (unpaired) electrons. The highest BCUT2D eigenvalue weighted by Crippen LogP contribution is 2.18. The summed E-state index contributed by atoms with van der Waals surface area (Å²) in [6, 6.07) is 4.11. The summed E-state index contributed by atoms with van der Waals surface area (Å²) in [7, 11) is 0. The first-order chi connectivity index (χ1) is 4.34. The van der Waals surface area contributed by atoms with Crippen molar-refractivity contribution in [3.8, 4) is 0 Å². The summed E-state index contributed by atoms with van der Waals surface area (Å²) < 4.78 is 2.83. The standard InChI is InChI=1S/C7H10IN/c1-2-7(8)9-5-3-4-6-9/h3-7H,2H2,1H3. The zero-order valence-corrected chi connectivity index (χ0v) is 7.58. The number of nitrogens with zero attached hydrogens (tertiary/aromatic N) is 1. The SMILES string of the molecule is CCC(I)n1cccc1. The second-order valence-corrected chi connectivity index (χ2v) is 3.41. The third-order valence-corrected chi connectivity index (χ3v) is 2.81. The molecule has 0 amide bonds. The van der Waals surface area contributed by atoms with Crippen LogP contribution in [0.1, 0.15) is 17.4 Å². The van der Waals surface area contributed by atoms with Crippen molar-refractivity contribution in [1.82, 2.24) is 4.57 Å². The fraction of sp³-hybridized carbons (Fsp3) is 0.429. The molecule has 1 atom stereocenters. The fourth-order valence-corrected chi connectivity index (χ4v) is 1.12. The Morgan fingerprint density at radius 2 is 2.00 bits per heavy atom. The molecule has 1 unspecified atom stereocenters. The molecule has 1 aromatic rings. The van der Waals surface area contributed by atoms with Crippen LogP contribution in [0.5, 0.6) is 0 Å². The Balaban J connectivity index is 2.65. The average molecular weight is 235 g/mol. The van der Waals surface area contributed by atoms with Gasteiger partial charge >= 0.3 is 0 Å². The minimum absolute atomic E-state index is 0.623.